The van der Waals surface area contributed by atoms with E-state index in [0.29, 0.717) is 4.31 Å². The van der Waals surface area contributed by atoms with E-state index in [2.05, 4.69) is 17.4 Å². The number of amides is 2. The summed E-state index contributed by atoms with van der Waals surface area (Å²) in [6.07, 6.45) is -1.92. The van der Waals surface area contributed by atoms with Crippen LogP contribution in [-0.2, 0) is 61.0 Å². The average Bonchev–Trinajstić information content (AvgIpc) is 3.99. The summed E-state index contributed by atoms with van der Waals surface area (Å²) >= 11 is 0. The van der Waals surface area contributed by atoms with Crippen LogP contribution in [-0.4, -0.2) is 92.7 Å². The van der Waals surface area contributed by atoms with Gasteiger partial charge in [0.05, 0.1) is 18.8 Å². The van der Waals surface area contributed by atoms with Gasteiger partial charge in [-0.3, -0.25) is 4.18 Å². The van der Waals surface area contributed by atoms with E-state index in [9.17, 15) is 32.7 Å². The fourth-order valence-corrected chi connectivity index (χ4v) is 9.61. The second kappa shape index (κ2) is 21.9. The molecule has 2 atom stereocenters. The first-order valence-electron chi connectivity index (χ1n) is 22.6. The van der Waals surface area contributed by atoms with Crippen LogP contribution in [0.15, 0.2) is 158 Å². The van der Waals surface area contributed by atoms with Crippen LogP contribution in [0.5, 0.6) is 0 Å². The highest BCUT2D eigenvalue weighted by Crippen LogP contribution is 2.46. The number of benzene rings is 6. The molecule has 6 aromatic carbocycles. The van der Waals surface area contributed by atoms with Crippen molar-refractivity contribution in [2.45, 2.75) is 56.6 Å². The van der Waals surface area contributed by atoms with Crippen molar-refractivity contribution in [1.29, 1.82) is 0 Å². The van der Waals surface area contributed by atoms with Gasteiger partial charge in [-0.15, -0.1) is 0 Å². The minimum absolute atomic E-state index is 0.0121. The molecular weight excluding hydrogens is 917 g/mol. The van der Waals surface area contributed by atoms with E-state index in [1.165, 1.54) is 0 Å². The third kappa shape index (κ3) is 11.7. The molecule has 16 heteroatoms. The SMILES string of the molecule is CC(C)(O)COC[C@H](NC(=O)OCC1c2ccccc2-c2ccccc21)C(=O)OCc1ccccc1.O=C(OCc1ccccc1)[C@@H]1COS(=O)(=O)N1C(=O)OCC1c2ccccc2-c2ccccc21. The maximum atomic E-state index is 12.9. The zero-order valence-electron chi connectivity index (χ0n) is 38.5. The minimum atomic E-state index is -4.47. The number of hydrogen-bond donors (Lipinski definition) is 2. The van der Waals surface area contributed by atoms with Crippen LogP contribution >= 0.6 is 0 Å². The van der Waals surface area contributed by atoms with Crippen LogP contribution in [0.2, 0.25) is 0 Å². The highest BCUT2D eigenvalue weighted by molar-refractivity contribution is 7.85. The lowest BCUT2D eigenvalue weighted by Crippen LogP contribution is -2.46. The van der Waals surface area contributed by atoms with Crippen LogP contribution in [0.4, 0.5) is 9.59 Å². The molecule has 70 heavy (non-hydrogen) atoms. The van der Waals surface area contributed by atoms with Crippen molar-refractivity contribution >= 4 is 34.4 Å². The van der Waals surface area contributed by atoms with Crippen LogP contribution in [0, 0.1) is 0 Å². The molecule has 0 aromatic heterocycles. The summed E-state index contributed by atoms with van der Waals surface area (Å²) in [5, 5.41) is 12.5. The Kier molecular flexibility index (Phi) is 15.4. The molecule has 1 saturated heterocycles. The lowest BCUT2D eigenvalue weighted by Gasteiger charge is -2.22. The van der Waals surface area contributed by atoms with Gasteiger partial charge in [0, 0.05) is 11.8 Å². The number of esters is 2. The Morgan fingerprint density at radius 3 is 1.53 bits per heavy atom. The molecule has 0 unspecified atom stereocenters. The van der Waals surface area contributed by atoms with E-state index in [4.69, 9.17) is 27.9 Å². The summed E-state index contributed by atoms with van der Waals surface area (Å²) in [5.41, 5.74) is 8.96. The van der Waals surface area contributed by atoms with Crippen molar-refractivity contribution in [2.24, 2.45) is 0 Å². The summed E-state index contributed by atoms with van der Waals surface area (Å²) < 4.78 is 56.9. The monoisotopic (exact) mass is 968 g/mol. The first-order valence-corrected chi connectivity index (χ1v) is 24.0. The van der Waals surface area contributed by atoms with Gasteiger partial charge in [-0.1, -0.05) is 158 Å². The summed E-state index contributed by atoms with van der Waals surface area (Å²) in [4.78, 5) is 50.9. The number of hydrogen-bond acceptors (Lipinski definition) is 13. The van der Waals surface area contributed by atoms with E-state index in [-0.39, 0.29) is 51.5 Å². The zero-order chi connectivity index (χ0) is 49.3. The van der Waals surface area contributed by atoms with Crippen molar-refractivity contribution in [3.63, 3.8) is 0 Å². The number of rotatable bonds is 15. The summed E-state index contributed by atoms with van der Waals surface area (Å²) in [6, 6.07) is 47.3. The number of fused-ring (bicyclic) bond motifs is 6. The number of alkyl carbamates (subject to hydrolysis) is 1. The summed E-state index contributed by atoms with van der Waals surface area (Å²) in [6.45, 7) is 2.51. The zero-order valence-corrected chi connectivity index (χ0v) is 39.3. The molecule has 1 fully saturated rings. The van der Waals surface area contributed by atoms with Gasteiger partial charge in [0.25, 0.3) is 0 Å². The lowest BCUT2D eigenvalue weighted by atomic mass is 9.98. The third-order valence-corrected chi connectivity index (χ3v) is 13.1. The molecule has 15 nitrogen and oxygen atoms in total. The standard InChI is InChI=1S/C29H31NO6.C25H21NO7S/c1-29(2,33)19-34-18-26(27(31)35-16-20-10-4-3-5-11-20)30-28(32)36-17-25-23-14-8-6-12-21(23)22-13-7-9-15-24(22)25;27-24(31-14-17-8-2-1-3-9-17)23-16-33-34(29,30)26(23)25(28)32-15-22-20-12-6-4-10-18(20)19-11-5-7-13-21(19)22/h3-15,25-26,33H,16-19H2,1-2H3,(H,30,32);1-13,22-23H,14-16H2/t26-;23-/m00/s1. The van der Waals surface area contributed by atoms with Gasteiger partial charge >= 0.3 is 34.4 Å². The van der Waals surface area contributed by atoms with E-state index in [0.717, 1.165) is 55.6 Å². The molecule has 2 N–H and O–H groups in total. The first-order chi connectivity index (χ1) is 33.8. The number of ether oxygens (including phenoxy) is 5. The predicted molar refractivity (Wildman–Crippen MR) is 257 cm³/mol. The summed E-state index contributed by atoms with van der Waals surface area (Å²) in [5.74, 6) is -1.90. The summed E-state index contributed by atoms with van der Waals surface area (Å²) in [7, 11) is -4.47. The number of aliphatic hydroxyl groups is 1. The highest BCUT2D eigenvalue weighted by atomic mass is 32.2. The largest absolute Gasteiger partial charge is 0.459 e. The van der Waals surface area contributed by atoms with E-state index >= 15 is 0 Å². The molecule has 2 amide bonds. The van der Waals surface area contributed by atoms with Crippen molar-refractivity contribution in [3.05, 3.63) is 191 Å². The quantitative estimate of drug-likeness (QED) is 0.0743. The van der Waals surface area contributed by atoms with Crippen LogP contribution in [0.3, 0.4) is 0 Å². The van der Waals surface area contributed by atoms with Gasteiger partial charge in [0.2, 0.25) is 0 Å². The smallest absolute Gasteiger partial charge is 0.426 e. The van der Waals surface area contributed by atoms with Gasteiger partial charge in [-0.2, -0.15) is 12.7 Å². The third-order valence-electron chi connectivity index (χ3n) is 11.8. The van der Waals surface area contributed by atoms with E-state index in [1.807, 2.05) is 121 Å². The van der Waals surface area contributed by atoms with Crippen molar-refractivity contribution < 1.29 is 60.6 Å². The molecule has 2 aliphatic carbocycles. The van der Waals surface area contributed by atoms with Crippen LogP contribution in [0.25, 0.3) is 22.3 Å². The normalized spacial score (nSPS) is 15.8. The molecule has 9 rings (SSSR count). The Morgan fingerprint density at radius 2 is 1.06 bits per heavy atom. The fourth-order valence-electron chi connectivity index (χ4n) is 8.50. The van der Waals surface area contributed by atoms with E-state index in [1.54, 1.807) is 38.1 Å². The Labute approximate surface area is 406 Å². The molecule has 1 heterocycles. The van der Waals surface area contributed by atoms with Gasteiger partial charge in [0.15, 0.2) is 12.1 Å². The van der Waals surface area contributed by atoms with Crippen molar-refractivity contribution in [1.82, 2.24) is 9.62 Å². The Balaban J connectivity index is 0.000000188. The minimum Gasteiger partial charge on any atom is -0.459 e. The van der Waals surface area contributed by atoms with E-state index < -0.39 is 58.7 Å². The van der Waals surface area contributed by atoms with Gasteiger partial charge in [-0.25, -0.2) is 19.2 Å². The molecule has 1 aliphatic heterocycles. The van der Waals surface area contributed by atoms with Crippen molar-refractivity contribution in [3.8, 4) is 22.3 Å². The van der Waals surface area contributed by atoms with Gasteiger partial charge in [-0.05, 0) is 69.5 Å². The number of nitrogens with one attached hydrogen (secondary N) is 1. The molecular formula is C54H52N2O13S. The highest BCUT2D eigenvalue weighted by Gasteiger charge is 2.49. The molecule has 0 spiro atoms. The molecule has 0 bridgehead atoms. The Hall–Kier alpha value is -7.37. The lowest BCUT2D eigenvalue weighted by molar-refractivity contribution is -0.150. The first kappa shape index (κ1) is 49.1. The topological polar surface area (TPSA) is 193 Å². The van der Waals surface area contributed by atoms with Crippen LogP contribution in [0.1, 0.15) is 59.1 Å². The number of carbonyl (C=O) groups is 4. The molecule has 0 saturated carbocycles. The number of carbonyl (C=O) groups excluding carboxylic acids is 4. The molecule has 362 valence electrons. The maximum Gasteiger partial charge on any atom is 0.426 e. The molecule has 0 radical (unpaired) electrons. The molecule has 3 aliphatic rings. The van der Waals surface area contributed by atoms with Gasteiger partial charge < -0.3 is 34.1 Å². The predicted octanol–water partition coefficient (Wildman–Crippen LogP) is 8.05. The van der Waals surface area contributed by atoms with Gasteiger partial charge in [0.1, 0.15) is 33.0 Å². The van der Waals surface area contributed by atoms with Crippen molar-refractivity contribution in [2.75, 3.05) is 33.0 Å². The molecule has 6 aromatic rings. The second-order valence-electron chi connectivity index (χ2n) is 17.4. The maximum absolute atomic E-state index is 12.9. The number of nitrogens with zero attached hydrogens (tertiary/aromatic N) is 1. The Bertz CT molecular complexity index is 2830. The second-order valence-corrected chi connectivity index (χ2v) is 18.9. The fraction of sp³-hybridized carbons (Fsp3) is 0.259. The average molecular weight is 969 g/mol. The van der Waals surface area contributed by atoms with Crippen LogP contribution < -0.4 is 5.32 Å². The Morgan fingerprint density at radius 1 is 0.629 bits per heavy atom.